The van der Waals surface area contributed by atoms with Crippen LogP contribution in [0.1, 0.15) is 45.7 Å². The molecule has 1 aliphatic heterocycles. The summed E-state index contributed by atoms with van der Waals surface area (Å²) in [4.78, 5) is 37.6. The average molecular weight is 405 g/mol. The van der Waals surface area contributed by atoms with Crippen LogP contribution in [0, 0.1) is 5.82 Å². The van der Waals surface area contributed by atoms with E-state index in [1.807, 2.05) is 10.6 Å². The molecule has 3 aromatic rings. The van der Waals surface area contributed by atoms with E-state index in [0.717, 1.165) is 0 Å². The Bertz CT molecular complexity index is 1110. The molecule has 3 N–H and O–H groups in total. The van der Waals surface area contributed by atoms with Gasteiger partial charge in [-0.15, -0.1) is 0 Å². The molecular formula is C23H20FN3O3. The number of halogens is 1. The molecule has 0 spiro atoms. The predicted molar refractivity (Wildman–Crippen MR) is 108 cm³/mol. The number of fused-ring (bicyclic) bond motifs is 1. The summed E-state index contributed by atoms with van der Waals surface area (Å²) in [6, 6.07) is 16.6. The highest BCUT2D eigenvalue weighted by atomic mass is 19.1. The van der Waals surface area contributed by atoms with Crippen molar-refractivity contribution < 1.29 is 18.8 Å². The molecule has 2 heterocycles. The Morgan fingerprint density at radius 2 is 1.70 bits per heavy atom. The van der Waals surface area contributed by atoms with Gasteiger partial charge in [0.15, 0.2) is 0 Å². The fraction of sp³-hybridized carbons (Fsp3) is 0.174. The summed E-state index contributed by atoms with van der Waals surface area (Å²) in [5, 5.41) is 2.67. The predicted octanol–water partition coefficient (Wildman–Crippen LogP) is 2.69. The van der Waals surface area contributed by atoms with Crippen molar-refractivity contribution >= 4 is 17.6 Å². The minimum atomic E-state index is -1.06. The van der Waals surface area contributed by atoms with E-state index >= 15 is 0 Å². The first kappa shape index (κ1) is 19.6. The molecule has 30 heavy (non-hydrogen) atoms. The van der Waals surface area contributed by atoms with E-state index in [4.69, 9.17) is 5.73 Å². The Morgan fingerprint density at radius 3 is 2.37 bits per heavy atom. The highest BCUT2D eigenvalue weighted by molar-refractivity contribution is 6.08. The van der Waals surface area contributed by atoms with E-state index in [0.29, 0.717) is 35.5 Å². The van der Waals surface area contributed by atoms with Crippen molar-refractivity contribution in [2.75, 3.05) is 0 Å². The third-order valence-corrected chi connectivity index (χ3v) is 5.37. The lowest BCUT2D eigenvalue weighted by atomic mass is 10.0. The minimum absolute atomic E-state index is 0.107. The summed E-state index contributed by atoms with van der Waals surface area (Å²) in [5.74, 6) is -2.16. The van der Waals surface area contributed by atoms with E-state index in [1.54, 1.807) is 36.4 Å². The molecule has 152 valence electrons. The number of hydrogen-bond donors (Lipinski definition) is 2. The van der Waals surface area contributed by atoms with Crippen LogP contribution in [-0.4, -0.2) is 22.2 Å². The summed E-state index contributed by atoms with van der Waals surface area (Å²) in [5.41, 5.74) is 7.69. The van der Waals surface area contributed by atoms with Crippen molar-refractivity contribution in [3.05, 3.63) is 95.1 Å². The number of hydrogen-bond acceptors (Lipinski definition) is 3. The highest BCUT2D eigenvalue weighted by Crippen LogP contribution is 2.32. The number of benzene rings is 2. The fourth-order valence-corrected chi connectivity index (χ4v) is 3.86. The van der Waals surface area contributed by atoms with Gasteiger partial charge in [0.25, 0.3) is 0 Å². The van der Waals surface area contributed by atoms with E-state index < -0.39 is 23.7 Å². The van der Waals surface area contributed by atoms with Crippen LogP contribution in [0.2, 0.25) is 0 Å². The van der Waals surface area contributed by atoms with Crippen LogP contribution in [0.4, 0.5) is 4.39 Å². The summed E-state index contributed by atoms with van der Waals surface area (Å²) in [7, 11) is 0. The maximum absolute atomic E-state index is 13.2. The lowest BCUT2D eigenvalue weighted by Crippen LogP contribution is -2.39. The minimum Gasteiger partial charge on any atom is -0.368 e. The van der Waals surface area contributed by atoms with Crippen LogP contribution in [0.5, 0.6) is 0 Å². The maximum Gasteiger partial charge on any atom is 0.244 e. The number of nitrogens with two attached hydrogens (primary N) is 1. The second-order valence-electron chi connectivity index (χ2n) is 7.23. The first-order chi connectivity index (χ1) is 14.5. The van der Waals surface area contributed by atoms with Gasteiger partial charge in [0.05, 0.1) is 11.6 Å². The van der Waals surface area contributed by atoms with Gasteiger partial charge >= 0.3 is 0 Å². The summed E-state index contributed by atoms with van der Waals surface area (Å²) >= 11 is 0. The SMILES string of the molecule is NC(=O)C(NC(=O)C1CCn2c(C(=O)c3ccccc3)ccc21)c1ccc(F)cc1. The van der Waals surface area contributed by atoms with Crippen molar-refractivity contribution in [3.8, 4) is 0 Å². The molecule has 7 heteroatoms. The first-order valence-electron chi connectivity index (χ1n) is 9.60. The second-order valence-corrected chi connectivity index (χ2v) is 7.23. The molecule has 4 rings (SSSR count). The molecule has 0 aliphatic carbocycles. The molecular weight excluding hydrogens is 385 g/mol. The van der Waals surface area contributed by atoms with Gasteiger partial charge in [-0.25, -0.2) is 4.39 Å². The Balaban J connectivity index is 1.55. The third-order valence-electron chi connectivity index (χ3n) is 5.37. The summed E-state index contributed by atoms with van der Waals surface area (Å²) < 4.78 is 15.0. The third kappa shape index (κ3) is 3.61. The zero-order valence-electron chi connectivity index (χ0n) is 16.0. The van der Waals surface area contributed by atoms with Crippen LogP contribution in [0.3, 0.4) is 0 Å². The number of ketones is 1. The zero-order valence-corrected chi connectivity index (χ0v) is 16.0. The van der Waals surface area contributed by atoms with Gasteiger partial charge in [-0.1, -0.05) is 42.5 Å². The van der Waals surface area contributed by atoms with Crippen molar-refractivity contribution in [1.82, 2.24) is 9.88 Å². The van der Waals surface area contributed by atoms with Crippen molar-refractivity contribution in [1.29, 1.82) is 0 Å². The van der Waals surface area contributed by atoms with Gasteiger partial charge in [-0.3, -0.25) is 14.4 Å². The number of nitrogens with zero attached hydrogens (tertiary/aromatic N) is 1. The Hall–Kier alpha value is -3.74. The molecule has 0 saturated carbocycles. The number of carbonyl (C=O) groups is 3. The fourth-order valence-electron chi connectivity index (χ4n) is 3.86. The van der Waals surface area contributed by atoms with Gasteiger partial charge in [-0.05, 0) is 36.2 Å². The molecule has 0 radical (unpaired) electrons. The lowest BCUT2D eigenvalue weighted by molar-refractivity contribution is -0.128. The second kappa shape index (κ2) is 7.94. The summed E-state index contributed by atoms with van der Waals surface area (Å²) in [6.45, 7) is 0.520. The molecule has 0 saturated heterocycles. The number of primary amides is 1. The van der Waals surface area contributed by atoms with Gasteiger partial charge in [0, 0.05) is 17.8 Å². The topological polar surface area (TPSA) is 94.2 Å². The van der Waals surface area contributed by atoms with E-state index in [9.17, 15) is 18.8 Å². The molecule has 2 aromatic carbocycles. The van der Waals surface area contributed by atoms with Crippen LogP contribution in [-0.2, 0) is 16.1 Å². The average Bonchev–Trinajstić information content (AvgIpc) is 3.35. The monoisotopic (exact) mass is 405 g/mol. The molecule has 0 bridgehead atoms. The Kier molecular flexibility index (Phi) is 5.18. The smallest absolute Gasteiger partial charge is 0.244 e. The van der Waals surface area contributed by atoms with Crippen molar-refractivity contribution in [3.63, 3.8) is 0 Å². The number of rotatable bonds is 6. The summed E-state index contributed by atoms with van der Waals surface area (Å²) in [6.07, 6.45) is 0.506. The van der Waals surface area contributed by atoms with Gasteiger partial charge < -0.3 is 15.6 Å². The lowest BCUT2D eigenvalue weighted by Gasteiger charge is -2.18. The Morgan fingerprint density at radius 1 is 1.00 bits per heavy atom. The normalized spacial score (nSPS) is 16.0. The number of carbonyl (C=O) groups excluding carboxylic acids is 3. The molecule has 2 amide bonds. The van der Waals surface area contributed by atoms with Crippen LogP contribution >= 0.6 is 0 Å². The van der Waals surface area contributed by atoms with Gasteiger partial charge in [-0.2, -0.15) is 0 Å². The number of amides is 2. The van der Waals surface area contributed by atoms with Gasteiger partial charge in [0.2, 0.25) is 17.6 Å². The van der Waals surface area contributed by atoms with E-state index in [2.05, 4.69) is 5.32 Å². The Labute approximate surface area is 172 Å². The molecule has 1 aliphatic rings. The van der Waals surface area contributed by atoms with Crippen LogP contribution < -0.4 is 11.1 Å². The first-order valence-corrected chi connectivity index (χ1v) is 9.60. The maximum atomic E-state index is 13.2. The molecule has 2 atom stereocenters. The molecule has 2 unspecified atom stereocenters. The van der Waals surface area contributed by atoms with Crippen LogP contribution in [0.25, 0.3) is 0 Å². The van der Waals surface area contributed by atoms with E-state index in [1.165, 1.54) is 24.3 Å². The van der Waals surface area contributed by atoms with Crippen LogP contribution in [0.15, 0.2) is 66.7 Å². The van der Waals surface area contributed by atoms with Gasteiger partial charge in [0.1, 0.15) is 11.9 Å². The quantitative estimate of drug-likeness (QED) is 0.618. The molecule has 6 nitrogen and oxygen atoms in total. The molecule has 1 aromatic heterocycles. The highest BCUT2D eigenvalue weighted by Gasteiger charge is 2.34. The standard InChI is InChI=1S/C23H20FN3O3/c24-16-8-6-14(7-9-16)20(22(25)29)26-23(30)17-12-13-27-18(17)10-11-19(27)21(28)15-4-2-1-3-5-15/h1-11,17,20H,12-13H2,(H2,25,29)(H,26,30). The number of nitrogens with one attached hydrogen (secondary N) is 1. The van der Waals surface area contributed by atoms with Crippen molar-refractivity contribution in [2.24, 2.45) is 5.73 Å². The largest absolute Gasteiger partial charge is 0.368 e. The molecule has 0 fully saturated rings. The van der Waals surface area contributed by atoms with E-state index in [-0.39, 0.29) is 11.7 Å². The number of aromatic nitrogens is 1. The van der Waals surface area contributed by atoms with Crippen molar-refractivity contribution in [2.45, 2.75) is 24.9 Å². The zero-order chi connectivity index (χ0) is 21.3.